The number of ether oxygens (including phenoxy) is 2. The predicted molar refractivity (Wildman–Crippen MR) is 86.8 cm³/mol. The molecule has 0 spiro atoms. The van der Waals surface area contributed by atoms with Gasteiger partial charge >= 0.3 is 0 Å². The summed E-state index contributed by atoms with van der Waals surface area (Å²) in [6.45, 7) is 3.88. The van der Waals surface area contributed by atoms with E-state index in [0.717, 1.165) is 10.6 Å². The van der Waals surface area contributed by atoms with Crippen molar-refractivity contribution >= 4 is 38.3 Å². The second-order valence-electron chi connectivity index (χ2n) is 4.31. The third kappa shape index (κ3) is 3.36. The van der Waals surface area contributed by atoms with E-state index in [1.54, 1.807) is 12.1 Å². The number of halogens is 1. The SMILES string of the molecule is COc1cc(C(=O)Nc2nc(C)c(C)s2)cc(OC)c1Br. The van der Waals surface area contributed by atoms with Crippen molar-refractivity contribution in [2.24, 2.45) is 0 Å². The van der Waals surface area contributed by atoms with Crippen LogP contribution < -0.4 is 14.8 Å². The zero-order chi connectivity index (χ0) is 15.6. The summed E-state index contributed by atoms with van der Waals surface area (Å²) in [6.07, 6.45) is 0. The summed E-state index contributed by atoms with van der Waals surface area (Å²) in [5.74, 6) is 0.810. The lowest BCUT2D eigenvalue weighted by atomic mass is 10.2. The molecule has 0 aliphatic rings. The molecule has 0 saturated heterocycles. The number of carbonyl (C=O) groups excluding carboxylic acids is 1. The molecule has 1 aromatic heterocycles. The standard InChI is InChI=1S/C14H15BrN2O3S/c1-7-8(2)21-14(16-7)17-13(18)9-5-10(19-3)12(15)11(6-9)20-4/h5-6H,1-4H3,(H,16,17,18). The van der Waals surface area contributed by atoms with Crippen molar-refractivity contribution in [3.05, 3.63) is 32.7 Å². The average molecular weight is 371 g/mol. The molecule has 1 heterocycles. The van der Waals surface area contributed by atoms with Gasteiger partial charge in [0.05, 0.1) is 19.9 Å². The van der Waals surface area contributed by atoms with Gasteiger partial charge in [-0.05, 0) is 41.9 Å². The molecule has 0 atom stereocenters. The normalized spacial score (nSPS) is 10.3. The van der Waals surface area contributed by atoms with Crippen molar-refractivity contribution < 1.29 is 14.3 Å². The molecule has 0 radical (unpaired) electrons. The van der Waals surface area contributed by atoms with Crippen LogP contribution in [-0.2, 0) is 0 Å². The Bertz CT molecular complexity index is 640. The van der Waals surface area contributed by atoms with Crippen LogP contribution in [0.4, 0.5) is 5.13 Å². The number of hydrogen-bond acceptors (Lipinski definition) is 5. The lowest BCUT2D eigenvalue weighted by Crippen LogP contribution is -2.12. The van der Waals surface area contributed by atoms with E-state index in [4.69, 9.17) is 9.47 Å². The van der Waals surface area contributed by atoms with Gasteiger partial charge in [0.25, 0.3) is 5.91 Å². The summed E-state index contributed by atoms with van der Waals surface area (Å²) < 4.78 is 11.1. The Labute approximate surface area is 135 Å². The van der Waals surface area contributed by atoms with E-state index in [1.807, 2.05) is 13.8 Å². The van der Waals surface area contributed by atoms with Crippen LogP contribution in [0.1, 0.15) is 20.9 Å². The summed E-state index contributed by atoms with van der Waals surface area (Å²) in [5.41, 5.74) is 1.36. The summed E-state index contributed by atoms with van der Waals surface area (Å²) in [7, 11) is 3.07. The number of nitrogens with one attached hydrogen (secondary N) is 1. The van der Waals surface area contributed by atoms with Crippen molar-refractivity contribution in [3.63, 3.8) is 0 Å². The molecule has 0 unspecified atom stereocenters. The third-order valence-corrected chi connectivity index (χ3v) is 4.73. The molecule has 5 nitrogen and oxygen atoms in total. The zero-order valence-electron chi connectivity index (χ0n) is 12.1. The molecule has 2 aromatic rings. The van der Waals surface area contributed by atoms with Crippen molar-refractivity contribution in [1.29, 1.82) is 0 Å². The summed E-state index contributed by atoms with van der Waals surface area (Å²) >= 11 is 4.82. The maximum Gasteiger partial charge on any atom is 0.257 e. The van der Waals surface area contributed by atoms with E-state index in [1.165, 1.54) is 25.6 Å². The van der Waals surface area contributed by atoms with Crippen LogP contribution >= 0.6 is 27.3 Å². The highest BCUT2D eigenvalue weighted by atomic mass is 79.9. The molecule has 7 heteroatoms. The van der Waals surface area contributed by atoms with E-state index >= 15 is 0 Å². The lowest BCUT2D eigenvalue weighted by molar-refractivity contribution is 0.102. The summed E-state index contributed by atoms with van der Waals surface area (Å²) in [4.78, 5) is 17.7. The molecule has 0 saturated carbocycles. The molecule has 0 aliphatic heterocycles. The van der Waals surface area contributed by atoms with Gasteiger partial charge in [-0.1, -0.05) is 0 Å². The maximum absolute atomic E-state index is 12.3. The summed E-state index contributed by atoms with van der Waals surface area (Å²) in [5, 5.41) is 3.36. The van der Waals surface area contributed by atoms with Crippen LogP contribution in [0, 0.1) is 13.8 Å². The first-order valence-electron chi connectivity index (χ1n) is 6.13. The Morgan fingerprint density at radius 1 is 1.24 bits per heavy atom. The molecule has 0 bridgehead atoms. The van der Waals surface area contributed by atoms with E-state index in [-0.39, 0.29) is 5.91 Å². The fourth-order valence-electron chi connectivity index (χ4n) is 1.70. The minimum Gasteiger partial charge on any atom is -0.495 e. The number of amides is 1. The molecule has 0 aliphatic carbocycles. The number of carbonyl (C=O) groups is 1. The van der Waals surface area contributed by atoms with Gasteiger partial charge in [0.1, 0.15) is 16.0 Å². The third-order valence-electron chi connectivity index (χ3n) is 2.96. The van der Waals surface area contributed by atoms with Crippen molar-refractivity contribution in [1.82, 2.24) is 4.98 Å². The van der Waals surface area contributed by atoms with Gasteiger partial charge in [-0.3, -0.25) is 10.1 Å². The first-order chi connectivity index (χ1) is 9.96. The first kappa shape index (κ1) is 15.8. The number of anilines is 1. The number of thiazole rings is 1. The Morgan fingerprint density at radius 3 is 2.24 bits per heavy atom. The molecule has 0 fully saturated rings. The van der Waals surface area contributed by atoms with Gasteiger partial charge in [0.2, 0.25) is 0 Å². The number of aryl methyl sites for hydroxylation is 2. The molecule has 1 amide bonds. The average Bonchev–Trinajstić information content (AvgIpc) is 2.77. The molecular weight excluding hydrogens is 356 g/mol. The Hall–Kier alpha value is -1.60. The number of nitrogens with zero attached hydrogens (tertiary/aromatic N) is 1. The van der Waals surface area contributed by atoms with E-state index in [9.17, 15) is 4.79 Å². The van der Waals surface area contributed by atoms with Crippen molar-refractivity contribution in [2.75, 3.05) is 19.5 Å². The second-order valence-corrected chi connectivity index (χ2v) is 6.31. The Morgan fingerprint density at radius 2 is 1.81 bits per heavy atom. The number of aromatic nitrogens is 1. The monoisotopic (exact) mass is 370 g/mol. The van der Waals surface area contributed by atoms with Crippen LogP contribution in [0.2, 0.25) is 0 Å². The largest absolute Gasteiger partial charge is 0.495 e. The van der Waals surface area contributed by atoms with Crippen molar-refractivity contribution in [2.45, 2.75) is 13.8 Å². The van der Waals surface area contributed by atoms with Crippen LogP contribution in [0.15, 0.2) is 16.6 Å². The zero-order valence-corrected chi connectivity index (χ0v) is 14.5. The smallest absolute Gasteiger partial charge is 0.257 e. The molecule has 1 N–H and O–H groups in total. The minimum absolute atomic E-state index is 0.257. The van der Waals surface area contributed by atoms with E-state index in [2.05, 4.69) is 26.2 Å². The molecule has 21 heavy (non-hydrogen) atoms. The molecule has 2 rings (SSSR count). The topological polar surface area (TPSA) is 60.5 Å². The van der Waals surface area contributed by atoms with Gasteiger partial charge in [0.15, 0.2) is 5.13 Å². The van der Waals surface area contributed by atoms with Gasteiger partial charge in [-0.25, -0.2) is 4.98 Å². The fourth-order valence-corrected chi connectivity index (χ4v) is 3.06. The van der Waals surface area contributed by atoms with Crippen LogP contribution in [0.5, 0.6) is 11.5 Å². The molecule has 112 valence electrons. The maximum atomic E-state index is 12.3. The van der Waals surface area contributed by atoms with Crippen LogP contribution in [0.25, 0.3) is 0 Å². The second kappa shape index (κ2) is 6.44. The minimum atomic E-state index is -0.257. The van der Waals surface area contributed by atoms with Gasteiger partial charge in [0, 0.05) is 10.4 Å². The molecular formula is C14H15BrN2O3S. The first-order valence-corrected chi connectivity index (χ1v) is 7.74. The van der Waals surface area contributed by atoms with Gasteiger partial charge in [-0.2, -0.15) is 0 Å². The van der Waals surface area contributed by atoms with E-state index in [0.29, 0.717) is 26.7 Å². The Kier molecular flexibility index (Phi) is 4.84. The predicted octanol–water partition coefficient (Wildman–Crippen LogP) is 3.79. The van der Waals surface area contributed by atoms with Crippen LogP contribution in [0.3, 0.4) is 0 Å². The number of hydrogen-bond donors (Lipinski definition) is 1. The quantitative estimate of drug-likeness (QED) is 0.888. The number of methoxy groups -OCH3 is 2. The van der Waals surface area contributed by atoms with Gasteiger partial charge < -0.3 is 9.47 Å². The van der Waals surface area contributed by atoms with Crippen LogP contribution in [-0.4, -0.2) is 25.1 Å². The highest BCUT2D eigenvalue weighted by Gasteiger charge is 2.16. The van der Waals surface area contributed by atoms with Crippen molar-refractivity contribution in [3.8, 4) is 11.5 Å². The number of benzene rings is 1. The number of rotatable bonds is 4. The van der Waals surface area contributed by atoms with Gasteiger partial charge in [-0.15, -0.1) is 11.3 Å². The highest BCUT2D eigenvalue weighted by Crippen LogP contribution is 2.35. The summed E-state index contributed by atoms with van der Waals surface area (Å²) in [6, 6.07) is 3.30. The van der Waals surface area contributed by atoms with E-state index < -0.39 is 0 Å². The fraction of sp³-hybridized carbons (Fsp3) is 0.286. The highest BCUT2D eigenvalue weighted by molar-refractivity contribution is 9.10. The Balaban J connectivity index is 2.30. The lowest BCUT2D eigenvalue weighted by Gasteiger charge is -2.11. The molecule has 1 aromatic carbocycles.